The fourth-order valence-corrected chi connectivity index (χ4v) is 1.99. The summed E-state index contributed by atoms with van der Waals surface area (Å²) in [5.41, 5.74) is 7.80. The summed E-state index contributed by atoms with van der Waals surface area (Å²) in [5.74, 6) is 0.731. The third-order valence-corrected chi connectivity index (χ3v) is 3.31. The average Bonchev–Trinajstić information content (AvgIpc) is 2.45. The van der Waals surface area contributed by atoms with E-state index in [9.17, 15) is 4.79 Å². The minimum atomic E-state index is -0.148. The summed E-state index contributed by atoms with van der Waals surface area (Å²) in [6.45, 7) is 4.87. The highest BCUT2D eigenvalue weighted by molar-refractivity contribution is 5.78. The zero-order chi connectivity index (χ0) is 14.4. The maximum Gasteiger partial charge on any atom is 0.226 e. The predicted molar refractivity (Wildman–Crippen MR) is 77.1 cm³/mol. The molecule has 0 aliphatic heterocycles. The van der Waals surface area contributed by atoms with Crippen LogP contribution in [0.4, 0.5) is 0 Å². The van der Waals surface area contributed by atoms with Gasteiger partial charge in [0.2, 0.25) is 5.91 Å². The van der Waals surface area contributed by atoms with Gasteiger partial charge in [0.15, 0.2) is 0 Å². The molecule has 0 saturated heterocycles. The second-order valence-electron chi connectivity index (χ2n) is 4.83. The number of rotatable bonds is 6. The number of hydrogen-bond acceptors (Lipinski definition) is 3. The van der Waals surface area contributed by atoms with Crippen LogP contribution < -0.4 is 10.5 Å². The average molecular weight is 264 g/mol. The fraction of sp³-hybridized carbons (Fsp3) is 0.533. The van der Waals surface area contributed by atoms with E-state index in [4.69, 9.17) is 10.5 Å². The van der Waals surface area contributed by atoms with Crippen molar-refractivity contribution in [1.82, 2.24) is 4.90 Å². The molecule has 0 fully saturated rings. The van der Waals surface area contributed by atoms with Crippen molar-refractivity contribution >= 4 is 5.91 Å². The summed E-state index contributed by atoms with van der Waals surface area (Å²) in [6.07, 6.45) is 0.966. The number of nitrogens with zero attached hydrogens (tertiary/aromatic N) is 1. The van der Waals surface area contributed by atoms with Crippen molar-refractivity contribution in [3.8, 4) is 5.75 Å². The van der Waals surface area contributed by atoms with Crippen molar-refractivity contribution in [2.45, 2.75) is 26.8 Å². The summed E-state index contributed by atoms with van der Waals surface area (Å²) in [6, 6.07) is 6.10. The van der Waals surface area contributed by atoms with Gasteiger partial charge < -0.3 is 15.4 Å². The van der Waals surface area contributed by atoms with Crippen LogP contribution in [0.25, 0.3) is 0 Å². The number of methoxy groups -OCH3 is 1. The molecule has 1 aromatic carbocycles. The van der Waals surface area contributed by atoms with Crippen LogP contribution in [0.3, 0.4) is 0 Å². The number of carbonyl (C=O) groups is 1. The first kappa shape index (κ1) is 15.5. The summed E-state index contributed by atoms with van der Waals surface area (Å²) in [7, 11) is 3.45. The number of nitrogens with two attached hydrogens (primary N) is 1. The number of aryl methyl sites for hydroxylation is 1. The molecule has 106 valence electrons. The molecule has 19 heavy (non-hydrogen) atoms. The van der Waals surface area contributed by atoms with E-state index < -0.39 is 0 Å². The van der Waals surface area contributed by atoms with Gasteiger partial charge in [0.05, 0.1) is 7.11 Å². The van der Waals surface area contributed by atoms with Gasteiger partial charge >= 0.3 is 0 Å². The van der Waals surface area contributed by atoms with Crippen LogP contribution in [-0.4, -0.2) is 31.5 Å². The van der Waals surface area contributed by atoms with Gasteiger partial charge in [-0.3, -0.25) is 4.79 Å². The highest BCUT2D eigenvalue weighted by Crippen LogP contribution is 2.22. The Balaban J connectivity index is 2.88. The Bertz CT molecular complexity index is 432. The SMILES string of the molecule is CCc1ccc(OC)c(CN(C)C(=O)C(C)CN)c1. The van der Waals surface area contributed by atoms with Gasteiger partial charge in [0.25, 0.3) is 0 Å². The zero-order valence-electron chi connectivity index (χ0n) is 12.3. The van der Waals surface area contributed by atoms with Crippen LogP contribution >= 0.6 is 0 Å². The minimum Gasteiger partial charge on any atom is -0.496 e. The van der Waals surface area contributed by atoms with Crippen molar-refractivity contribution < 1.29 is 9.53 Å². The first-order valence-corrected chi connectivity index (χ1v) is 6.64. The number of carbonyl (C=O) groups excluding carboxylic acids is 1. The number of ether oxygens (including phenoxy) is 1. The molecule has 1 unspecified atom stereocenters. The second-order valence-corrected chi connectivity index (χ2v) is 4.83. The van der Waals surface area contributed by atoms with Crippen LogP contribution in [0.1, 0.15) is 25.0 Å². The van der Waals surface area contributed by atoms with Crippen LogP contribution in [0.15, 0.2) is 18.2 Å². The van der Waals surface area contributed by atoms with Gasteiger partial charge in [0.1, 0.15) is 5.75 Å². The number of benzene rings is 1. The number of amides is 1. The predicted octanol–water partition coefficient (Wildman–Crippen LogP) is 1.81. The Kier molecular flexibility index (Phi) is 5.83. The molecule has 1 atom stereocenters. The molecule has 2 N–H and O–H groups in total. The topological polar surface area (TPSA) is 55.6 Å². The van der Waals surface area contributed by atoms with Crippen molar-refractivity contribution in [3.63, 3.8) is 0 Å². The molecule has 1 aromatic rings. The summed E-state index contributed by atoms with van der Waals surface area (Å²) in [4.78, 5) is 13.7. The molecule has 0 saturated carbocycles. The smallest absolute Gasteiger partial charge is 0.226 e. The van der Waals surface area contributed by atoms with E-state index in [0.29, 0.717) is 13.1 Å². The monoisotopic (exact) mass is 264 g/mol. The second kappa shape index (κ2) is 7.14. The lowest BCUT2D eigenvalue weighted by Gasteiger charge is -2.22. The van der Waals surface area contributed by atoms with E-state index in [2.05, 4.69) is 13.0 Å². The fourth-order valence-electron chi connectivity index (χ4n) is 1.99. The summed E-state index contributed by atoms with van der Waals surface area (Å²) < 4.78 is 5.35. The lowest BCUT2D eigenvalue weighted by molar-refractivity contribution is -0.133. The van der Waals surface area contributed by atoms with E-state index in [-0.39, 0.29) is 11.8 Å². The first-order chi connectivity index (χ1) is 9.03. The van der Waals surface area contributed by atoms with E-state index in [1.807, 2.05) is 19.1 Å². The molecular weight excluding hydrogens is 240 g/mol. The lowest BCUT2D eigenvalue weighted by atomic mass is 10.1. The Morgan fingerprint density at radius 3 is 2.68 bits per heavy atom. The molecule has 1 rings (SSSR count). The van der Waals surface area contributed by atoms with Gasteiger partial charge in [0, 0.05) is 31.6 Å². The van der Waals surface area contributed by atoms with Crippen molar-refractivity contribution in [2.24, 2.45) is 11.7 Å². The zero-order valence-corrected chi connectivity index (χ0v) is 12.3. The van der Waals surface area contributed by atoms with Crippen LogP contribution in [0.5, 0.6) is 5.75 Å². The maximum absolute atomic E-state index is 12.0. The molecule has 4 nitrogen and oxygen atoms in total. The summed E-state index contributed by atoms with van der Waals surface area (Å²) >= 11 is 0. The Morgan fingerprint density at radius 1 is 1.47 bits per heavy atom. The van der Waals surface area contributed by atoms with E-state index in [1.54, 1.807) is 19.1 Å². The van der Waals surface area contributed by atoms with Gasteiger partial charge in [-0.05, 0) is 18.1 Å². The number of hydrogen-bond donors (Lipinski definition) is 1. The molecule has 0 aliphatic carbocycles. The Morgan fingerprint density at radius 2 is 2.16 bits per heavy atom. The molecule has 0 radical (unpaired) electrons. The van der Waals surface area contributed by atoms with Crippen LogP contribution in [0, 0.1) is 5.92 Å². The van der Waals surface area contributed by atoms with Gasteiger partial charge in [-0.25, -0.2) is 0 Å². The third-order valence-electron chi connectivity index (χ3n) is 3.31. The molecule has 4 heteroatoms. The molecule has 0 aromatic heterocycles. The highest BCUT2D eigenvalue weighted by Gasteiger charge is 2.17. The first-order valence-electron chi connectivity index (χ1n) is 6.64. The molecule has 0 aliphatic rings. The van der Waals surface area contributed by atoms with E-state index in [0.717, 1.165) is 17.7 Å². The molecule has 0 heterocycles. The van der Waals surface area contributed by atoms with Gasteiger partial charge in [-0.2, -0.15) is 0 Å². The largest absolute Gasteiger partial charge is 0.496 e. The quantitative estimate of drug-likeness (QED) is 0.852. The van der Waals surface area contributed by atoms with E-state index in [1.165, 1.54) is 5.56 Å². The minimum absolute atomic E-state index is 0.0615. The van der Waals surface area contributed by atoms with Crippen LogP contribution in [0.2, 0.25) is 0 Å². The van der Waals surface area contributed by atoms with Crippen molar-refractivity contribution in [1.29, 1.82) is 0 Å². The van der Waals surface area contributed by atoms with E-state index >= 15 is 0 Å². The molecular formula is C15H24N2O2. The Labute approximate surface area is 115 Å². The molecule has 0 bridgehead atoms. The lowest BCUT2D eigenvalue weighted by Crippen LogP contribution is -2.34. The molecule has 1 amide bonds. The Hall–Kier alpha value is -1.55. The van der Waals surface area contributed by atoms with Crippen LogP contribution in [-0.2, 0) is 17.8 Å². The van der Waals surface area contributed by atoms with Gasteiger partial charge in [-0.15, -0.1) is 0 Å². The summed E-state index contributed by atoms with van der Waals surface area (Å²) in [5, 5.41) is 0. The standard InChI is InChI=1S/C15H24N2O2/c1-5-12-6-7-14(19-4)13(8-12)10-17(3)15(18)11(2)9-16/h6-8,11H,5,9-10,16H2,1-4H3. The molecule has 0 spiro atoms. The highest BCUT2D eigenvalue weighted by atomic mass is 16.5. The van der Waals surface area contributed by atoms with Crippen molar-refractivity contribution in [2.75, 3.05) is 20.7 Å². The van der Waals surface area contributed by atoms with Gasteiger partial charge in [-0.1, -0.05) is 26.0 Å². The van der Waals surface area contributed by atoms with Crippen molar-refractivity contribution in [3.05, 3.63) is 29.3 Å². The maximum atomic E-state index is 12.0. The third kappa shape index (κ3) is 3.96. The normalized spacial score (nSPS) is 12.1.